The molecular formula is C12H19NO. The van der Waals surface area contributed by atoms with Crippen LogP contribution in [0.5, 0.6) is 0 Å². The molecule has 1 heterocycles. The average Bonchev–Trinajstić information content (AvgIpc) is 2.69. The van der Waals surface area contributed by atoms with Crippen molar-refractivity contribution in [3.63, 3.8) is 0 Å². The summed E-state index contributed by atoms with van der Waals surface area (Å²) in [6, 6.07) is 2.10. The molecule has 0 aromatic carbocycles. The zero-order chi connectivity index (χ0) is 10.0. The number of hydrogen-bond donors (Lipinski definition) is 1. The second kappa shape index (κ2) is 3.77. The second-order valence-electron chi connectivity index (χ2n) is 4.53. The minimum Gasteiger partial charge on any atom is -0.472 e. The van der Waals surface area contributed by atoms with E-state index in [1.165, 1.54) is 18.4 Å². The summed E-state index contributed by atoms with van der Waals surface area (Å²) in [7, 11) is 0. The quantitative estimate of drug-likeness (QED) is 0.727. The van der Waals surface area contributed by atoms with Gasteiger partial charge in [0.1, 0.15) is 0 Å². The Balaban J connectivity index is 1.84. The highest BCUT2D eigenvalue weighted by Gasteiger charge is 2.51. The maximum atomic E-state index is 5.13. The van der Waals surface area contributed by atoms with E-state index < -0.39 is 0 Å². The molecule has 14 heavy (non-hydrogen) atoms. The molecule has 1 aliphatic carbocycles. The minimum absolute atomic E-state index is 0.383. The predicted octanol–water partition coefficient (Wildman–Crippen LogP) is 2.56. The van der Waals surface area contributed by atoms with Gasteiger partial charge < -0.3 is 9.73 Å². The largest absolute Gasteiger partial charge is 0.472 e. The molecule has 1 aromatic heterocycles. The summed E-state index contributed by atoms with van der Waals surface area (Å²) in [4.78, 5) is 0. The van der Waals surface area contributed by atoms with Crippen LogP contribution < -0.4 is 5.32 Å². The van der Waals surface area contributed by atoms with Crippen molar-refractivity contribution in [2.75, 3.05) is 13.1 Å². The van der Waals surface area contributed by atoms with E-state index in [1.807, 2.05) is 6.26 Å². The van der Waals surface area contributed by atoms with Crippen LogP contribution >= 0.6 is 0 Å². The summed E-state index contributed by atoms with van der Waals surface area (Å²) in [5.41, 5.74) is 1.74. The van der Waals surface area contributed by atoms with E-state index in [-0.39, 0.29) is 0 Å². The molecular weight excluding hydrogens is 174 g/mol. The lowest BCUT2D eigenvalue weighted by Crippen LogP contribution is -2.20. The van der Waals surface area contributed by atoms with Crippen LogP contribution in [-0.4, -0.2) is 13.1 Å². The molecule has 1 N–H and O–H groups in total. The van der Waals surface area contributed by atoms with Gasteiger partial charge in [-0.05, 0) is 43.5 Å². The molecule has 2 rings (SSSR count). The van der Waals surface area contributed by atoms with Crippen LogP contribution in [0.15, 0.2) is 23.0 Å². The Morgan fingerprint density at radius 1 is 1.64 bits per heavy atom. The zero-order valence-corrected chi connectivity index (χ0v) is 9.05. The third kappa shape index (κ3) is 1.71. The van der Waals surface area contributed by atoms with Crippen molar-refractivity contribution >= 4 is 0 Å². The molecule has 1 saturated carbocycles. The molecule has 2 nitrogen and oxygen atoms in total. The molecule has 0 spiro atoms. The van der Waals surface area contributed by atoms with Crippen molar-refractivity contribution in [3.8, 4) is 0 Å². The summed E-state index contributed by atoms with van der Waals surface area (Å²) >= 11 is 0. The van der Waals surface area contributed by atoms with Gasteiger partial charge >= 0.3 is 0 Å². The van der Waals surface area contributed by atoms with Gasteiger partial charge in [-0.25, -0.2) is 0 Å². The third-order valence-corrected chi connectivity index (χ3v) is 3.41. The Kier molecular flexibility index (Phi) is 2.64. The SMILES string of the molecule is CCCNCC1CC1(C)c1ccoc1. The molecule has 2 atom stereocenters. The van der Waals surface area contributed by atoms with Crippen LogP contribution in [0.25, 0.3) is 0 Å². The molecule has 0 radical (unpaired) electrons. The first kappa shape index (κ1) is 9.78. The van der Waals surface area contributed by atoms with Gasteiger partial charge in [-0.1, -0.05) is 13.8 Å². The summed E-state index contributed by atoms with van der Waals surface area (Å²) in [5, 5.41) is 3.48. The molecule has 2 unspecified atom stereocenters. The van der Waals surface area contributed by atoms with Crippen molar-refractivity contribution in [3.05, 3.63) is 24.2 Å². The normalized spacial score (nSPS) is 30.6. The Morgan fingerprint density at radius 2 is 2.50 bits per heavy atom. The van der Waals surface area contributed by atoms with Crippen LogP contribution in [0.4, 0.5) is 0 Å². The average molecular weight is 193 g/mol. The summed E-state index contributed by atoms with van der Waals surface area (Å²) in [6.45, 7) is 6.82. The van der Waals surface area contributed by atoms with E-state index >= 15 is 0 Å². The molecule has 0 saturated heterocycles. The molecule has 1 fully saturated rings. The van der Waals surface area contributed by atoms with Crippen LogP contribution in [0.3, 0.4) is 0 Å². The van der Waals surface area contributed by atoms with E-state index in [2.05, 4.69) is 25.2 Å². The molecule has 0 bridgehead atoms. The van der Waals surface area contributed by atoms with Gasteiger partial charge in [-0.3, -0.25) is 0 Å². The lowest BCUT2D eigenvalue weighted by atomic mass is 9.99. The maximum absolute atomic E-state index is 5.13. The van der Waals surface area contributed by atoms with Gasteiger partial charge in [0.25, 0.3) is 0 Å². The predicted molar refractivity (Wildman–Crippen MR) is 57.3 cm³/mol. The first-order chi connectivity index (χ1) is 6.77. The Hall–Kier alpha value is -0.760. The fourth-order valence-corrected chi connectivity index (χ4v) is 2.15. The van der Waals surface area contributed by atoms with Crippen molar-refractivity contribution in [2.45, 2.75) is 32.1 Å². The molecule has 78 valence electrons. The van der Waals surface area contributed by atoms with E-state index in [0.29, 0.717) is 5.41 Å². The van der Waals surface area contributed by atoms with Gasteiger partial charge in [0.2, 0.25) is 0 Å². The monoisotopic (exact) mass is 193 g/mol. The van der Waals surface area contributed by atoms with Gasteiger partial charge in [-0.15, -0.1) is 0 Å². The lowest BCUT2D eigenvalue weighted by molar-refractivity contribution is 0.545. The van der Waals surface area contributed by atoms with E-state index in [4.69, 9.17) is 4.42 Å². The topological polar surface area (TPSA) is 25.2 Å². The summed E-state index contributed by atoms with van der Waals surface area (Å²) in [6.07, 6.45) is 6.17. The molecule has 2 heteroatoms. The van der Waals surface area contributed by atoms with Gasteiger partial charge in [0.05, 0.1) is 12.5 Å². The van der Waals surface area contributed by atoms with Crippen molar-refractivity contribution < 1.29 is 4.42 Å². The van der Waals surface area contributed by atoms with E-state index in [9.17, 15) is 0 Å². The number of hydrogen-bond acceptors (Lipinski definition) is 2. The molecule has 0 aliphatic heterocycles. The van der Waals surface area contributed by atoms with E-state index in [0.717, 1.165) is 19.0 Å². The number of furan rings is 1. The van der Waals surface area contributed by atoms with Crippen molar-refractivity contribution in [2.24, 2.45) is 5.92 Å². The van der Waals surface area contributed by atoms with Gasteiger partial charge in [0, 0.05) is 5.41 Å². The number of nitrogens with one attached hydrogen (secondary N) is 1. The lowest BCUT2D eigenvalue weighted by Gasteiger charge is -2.08. The van der Waals surface area contributed by atoms with E-state index in [1.54, 1.807) is 6.26 Å². The van der Waals surface area contributed by atoms with Gasteiger partial charge in [0.15, 0.2) is 0 Å². The summed E-state index contributed by atoms with van der Waals surface area (Å²) in [5.74, 6) is 0.798. The highest BCUT2D eigenvalue weighted by molar-refractivity contribution is 5.29. The summed E-state index contributed by atoms with van der Waals surface area (Å²) < 4.78 is 5.13. The smallest absolute Gasteiger partial charge is 0.0940 e. The third-order valence-electron chi connectivity index (χ3n) is 3.41. The zero-order valence-electron chi connectivity index (χ0n) is 9.05. The highest BCUT2D eigenvalue weighted by Crippen LogP contribution is 2.53. The van der Waals surface area contributed by atoms with Crippen LogP contribution in [0.2, 0.25) is 0 Å². The van der Waals surface area contributed by atoms with Crippen LogP contribution in [0.1, 0.15) is 32.3 Å². The Morgan fingerprint density at radius 3 is 3.14 bits per heavy atom. The standard InChI is InChI=1S/C12H19NO/c1-3-5-13-8-11-7-12(11,2)10-4-6-14-9-10/h4,6,9,11,13H,3,5,7-8H2,1-2H3. The number of rotatable bonds is 5. The van der Waals surface area contributed by atoms with Crippen LogP contribution in [0, 0.1) is 5.92 Å². The first-order valence-corrected chi connectivity index (χ1v) is 5.51. The van der Waals surface area contributed by atoms with Crippen molar-refractivity contribution in [1.82, 2.24) is 5.32 Å². The first-order valence-electron chi connectivity index (χ1n) is 5.51. The van der Waals surface area contributed by atoms with Crippen molar-refractivity contribution in [1.29, 1.82) is 0 Å². The minimum atomic E-state index is 0.383. The van der Waals surface area contributed by atoms with Crippen LogP contribution in [-0.2, 0) is 5.41 Å². The second-order valence-corrected chi connectivity index (χ2v) is 4.53. The maximum Gasteiger partial charge on any atom is 0.0940 e. The highest BCUT2D eigenvalue weighted by atomic mass is 16.3. The Bertz CT molecular complexity index is 281. The molecule has 0 amide bonds. The fourth-order valence-electron chi connectivity index (χ4n) is 2.15. The fraction of sp³-hybridized carbons (Fsp3) is 0.667. The molecule has 1 aliphatic rings. The molecule has 1 aromatic rings. The van der Waals surface area contributed by atoms with Gasteiger partial charge in [-0.2, -0.15) is 0 Å². The Labute approximate surface area is 85.7 Å².